The molecule has 0 saturated carbocycles. The standard InChI is InChI=1S/C24H13F7N2O4S2/c1-37-17-6-12(23(35)36)13(25)7-16(17)33-39-18-8-38-22(32-18)11-3-2-10(21(34)20(11)28)9-4-14(26)19(15(27)5-9)24(29,30)31/h2-8,33-34H,1H3,(H,35,36). The molecule has 0 spiro atoms. The van der Waals surface area contributed by atoms with Gasteiger partial charge in [-0.05, 0) is 35.9 Å². The van der Waals surface area contributed by atoms with Crippen LogP contribution >= 0.6 is 23.3 Å². The van der Waals surface area contributed by atoms with E-state index in [1.165, 1.54) is 12.5 Å². The summed E-state index contributed by atoms with van der Waals surface area (Å²) in [5.74, 6) is -8.63. The smallest absolute Gasteiger partial charge is 0.422 e. The van der Waals surface area contributed by atoms with Gasteiger partial charge in [-0.3, -0.25) is 0 Å². The Morgan fingerprint density at radius 2 is 1.67 bits per heavy atom. The van der Waals surface area contributed by atoms with Gasteiger partial charge in [-0.1, -0.05) is 0 Å². The van der Waals surface area contributed by atoms with Gasteiger partial charge in [-0.25, -0.2) is 27.3 Å². The van der Waals surface area contributed by atoms with E-state index in [0.29, 0.717) is 12.1 Å². The van der Waals surface area contributed by atoms with Crippen LogP contribution in [0, 0.1) is 23.3 Å². The molecule has 4 aromatic rings. The molecule has 1 heterocycles. The summed E-state index contributed by atoms with van der Waals surface area (Å²) in [6.07, 6.45) is -5.29. The first-order valence-electron chi connectivity index (χ1n) is 10.4. The van der Waals surface area contributed by atoms with Crippen LogP contribution in [0.25, 0.3) is 21.7 Å². The van der Waals surface area contributed by atoms with E-state index in [9.17, 15) is 36.2 Å². The second-order valence-corrected chi connectivity index (χ2v) is 9.35. The van der Waals surface area contributed by atoms with Crippen LogP contribution in [0.1, 0.15) is 15.9 Å². The zero-order valence-electron chi connectivity index (χ0n) is 19.2. The SMILES string of the molecule is COc1cc(C(=O)O)c(F)cc1NSc1csc(-c2ccc(-c3cc(F)c(C(F)(F)F)c(F)c3)c(O)c2F)n1. The molecule has 6 nitrogen and oxygen atoms in total. The highest BCUT2D eigenvalue weighted by Gasteiger charge is 2.38. The van der Waals surface area contributed by atoms with Crippen molar-refractivity contribution in [3.63, 3.8) is 0 Å². The highest BCUT2D eigenvalue weighted by atomic mass is 32.2. The molecular weight excluding hydrogens is 577 g/mol. The number of benzene rings is 3. The Morgan fingerprint density at radius 3 is 2.26 bits per heavy atom. The second-order valence-electron chi connectivity index (χ2n) is 7.67. The van der Waals surface area contributed by atoms with Crippen molar-refractivity contribution >= 4 is 34.9 Å². The first-order valence-corrected chi connectivity index (χ1v) is 12.1. The second kappa shape index (κ2) is 10.6. The summed E-state index contributed by atoms with van der Waals surface area (Å²) in [4.78, 5) is 15.3. The molecule has 0 saturated heterocycles. The molecule has 4 rings (SSSR count). The monoisotopic (exact) mass is 590 g/mol. The van der Waals surface area contributed by atoms with E-state index >= 15 is 4.39 Å². The molecule has 0 amide bonds. The zero-order valence-corrected chi connectivity index (χ0v) is 20.8. The number of nitrogens with one attached hydrogen (secondary N) is 1. The third-order valence-corrected chi connectivity index (χ3v) is 7.02. The summed E-state index contributed by atoms with van der Waals surface area (Å²) in [6.45, 7) is 0. The summed E-state index contributed by atoms with van der Waals surface area (Å²) in [6, 6.07) is 4.77. The zero-order chi connectivity index (χ0) is 28.6. The molecule has 204 valence electrons. The molecule has 0 bridgehead atoms. The molecule has 39 heavy (non-hydrogen) atoms. The Morgan fingerprint density at radius 1 is 1.03 bits per heavy atom. The number of phenolic OH excluding ortho intramolecular Hbond substituents is 1. The van der Waals surface area contributed by atoms with Gasteiger partial charge < -0.3 is 19.7 Å². The van der Waals surface area contributed by atoms with Gasteiger partial charge in [-0.15, -0.1) is 11.3 Å². The number of phenols is 1. The number of anilines is 1. The fraction of sp³-hybridized carbons (Fsp3) is 0.0833. The number of halogens is 7. The number of methoxy groups -OCH3 is 1. The van der Waals surface area contributed by atoms with E-state index in [4.69, 9.17) is 9.84 Å². The van der Waals surface area contributed by atoms with E-state index in [0.717, 1.165) is 47.6 Å². The Balaban J connectivity index is 1.59. The van der Waals surface area contributed by atoms with Crippen molar-refractivity contribution < 1.29 is 50.5 Å². The van der Waals surface area contributed by atoms with E-state index in [1.807, 2.05) is 0 Å². The highest BCUT2D eigenvalue weighted by molar-refractivity contribution is 8.00. The summed E-state index contributed by atoms with van der Waals surface area (Å²) >= 11 is 1.79. The van der Waals surface area contributed by atoms with Crippen molar-refractivity contribution in [1.82, 2.24) is 4.98 Å². The molecule has 0 fully saturated rings. The van der Waals surface area contributed by atoms with Gasteiger partial charge in [-0.2, -0.15) is 13.2 Å². The van der Waals surface area contributed by atoms with Crippen LogP contribution in [-0.4, -0.2) is 28.3 Å². The number of aromatic hydroxyl groups is 1. The maximum Gasteiger partial charge on any atom is 0.422 e. The van der Waals surface area contributed by atoms with E-state index in [2.05, 4.69) is 9.71 Å². The van der Waals surface area contributed by atoms with Crippen LogP contribution < -0.4 is 9.46 Å². The predicted octanol–water partition coefficient (Wildman–Crippen LogP) is 7.58. The van der Waals surface area contributed by atoms with Gasteiger partial charge in [0.15, 0.2) is 11.6 Å². The first-order chi connectivity index (χ1) is 18.3. The molecule has 0 aliphatic carbocycles. The number of carboxylic acids is 1. The Kier molecular flexibility index (Phi) is 7.66. The van der Waals surface area contributed by atoms with Crippen LogP contribution in [0.2, 0.25) is 0 Å². The van der Waals surface area contributed by atoms with Crippen molar-refractivity contribution in [2.24, 2.45) is 0 Å². The summed E-state index contributed by atoms with van der Waals surface area (Å²) in [5.41, 5.74) is -3.80. The molecule has 0 unspecified atom stereocenters. The van der Waals surface area contributed by atoms with Crippen molar-refractivity contribution in [2.45, 2.75) is 11.2 Å². The van der Waals surface area contributed by atoms with Crippen LogP contribution in [0.4, 0.5) is 36.4 Å². The number of thiazole rings is 1. The van der Waals surface area contributed by atoms with Gasteiger partial charge >= 0.3 is 12.1 Å². The van der Waals surface area contributed by atoms with Crippen LogP contribution in [-0.2, 0) is 6.18 Å². The maximum absolute atomic E-state index is 15.0. The lowest BCUT2D eigenvalue weighted by Crippen LogP contribution is -2.11. The average molecular weight is 590 g/mol. The lowest BCUT2D eigenvalue weighted by Gasteiger charge is -2.13. The van der Waals surface area contributed by atoms with E-state index in [-0.39, 0.29) is 27.0 Å². The Labute approximate surface area is 222 Å². The number of hydrogen-bond acceptors (Lipinski definition) is 7. The Bertz CT molecular complexity index is 1570. The lowest BCUT2D eigenvalue weighted by atomic mass is 10.00. The molecule has 0 radical (unpaired) electrons. The molecule has 0 atom stereocenters. The molecule has 1 aromatic heterocycles. The van der Waals surface area contributed by atoms with E-state index < -0.39 is 63.4 Å². The number of alkyl halides is 3. The molecule has 3 aromatic carbocycles. The first kappa shape index (κ1) is 28.0. The average Bonchev–Trinajstić information content (AvgIpc) is 3.31. The summed E-state index contributed by atoms with van der Waals surface area (Å²) in [7, 11) is 1.25. The number of aromatic nitrogens is 1. The van der Waals surface area contributed by atoms with Gasteiger partial charge in [0.2, 0.25) is 0 Å². The Hall–Kier alpha value is -3.98. The molecular formula is C24H13F7N2O4S2. The van der Waals surface area contributed by atoms with Crippen molar-refractivity contribution in [1.29, 1.82) is 0 Å². The molecule has 3 N–H and O–H groups in total. The van der Waals surface area contributed by atoms with Crippen molar-refractivity contribution in [2.75, 3.05) is 11.8 Å². The number of aromatic carboxylic acids is 1. The lowest BCUT2D eigenvalue weighted by molar-refractivity contribution is -0.142. The quantitative estimate of drug-likeness (QED) is 0.151. The van der Waals surface area contributed by atoms with Crippen LogP contribution in [0.3, 0.4) is 0 Å². The van der Waals surface area contributed by atoms with Gasteiger partial charge in [0.05, 0.1) is 23.9 Å². The minimum absolute atomic E-state index is 0.0273. The molecule has 0 aliphatic rings. The van der Waals surface area contributed by atoms with E-state index in [1.54, 1.807) is 0 Å². The number of carbonyl (C=O) groups is 1. The predicted molar refractivity (Wildman–Crippen MR) is 129 cm³/mol. The summed E-state index contributed by atoms with van der Waals surface area (Å²) < 4.78 is 103. The number of ether oxygens (including phenoxy) is 1. The number of nitrogens with zero attached hydrogens (tertiary/aromatic N) is 1. The topological polar surface area (TPSA) is 91.7 Å². The normalized spacial score (nSPS) is 11.5. The van der Waals surface area contributed by atoms with Crippen molar-refractivity contribution in [3.05, 3.63) is 76.2 Å². The fourth-order valence-electron chi connectivity index (χ4n) is 3.46. The number of hydrogen-bond donors (Lipinski definition) is 3. The maximum atomic E-state index is 15.0. The van der Waals surface area contributed by atoms with Crippen LogP contribution in [0.15, 0.2) is 46.8 Å². The summed E-state index contributed by atoms with van der Waals surface area (Å²) in [5, 5.41) is 21.2. The van der Waals surface area contributed by atoms with Gasteiger partial charge in [0.25, 0.3) is 0 Å². The number of rotatable bonds is 7. The highest BCUT2D eigenvalue weighted by Crippen LogP contribution is 2.41. The fourth-order valence-corrected chi connectivity index (χ4v) is 5.07. The third-order valence-electron chi connectivity index (χ3n) is 5.25. The minimum Gasteiger partial charge on any atom is -0.504 e. The van der Waals surface area contributed by atoms with Gasteiger partial charge in [0, 0.05) is 29.0 Å². The third kappa shape index (κ3) is 5.59. The minimum atomic E-state index is -5.29. The van der Waals surface area contributed by atoms with Gasteiger partial charge in [0.1, 0.15) is 38.8 Å². The van der Waals surface area contributed by atoms with Crippen molar-refractivity contribution in [3.8, 4) is 33.2 Å². The number of carboxylic acid groups (broad SMARTS) is 1. The van der Waals surface area contributed by atoms with Crippen LogP contribution in [0.5, 0.6) is 11.5 Å². The molecule has 0 aliphatic heterocycles. The molecule has 15 heteroatoms. The largest absolute Gasteiger partial charge is 0.504 e.